The first-order valence-corrected chi connectivity index (χ1v) is 9.70. The Morgan fingerprint density at radius 3 is 2.64 bits per heavy atom. The fourth-order valence-electron chi connectivity index (χ4n) is 3.36. The highest BCUT2D eigenvalue weighted by molar-refractivity contribution is 5.92. The van der Waals surface area contributed by atoms with Gasteiger partial charge in [-0.05, 0) is 36.3 Å². The van der Waals surface area contributed by atoms with Gasteiger partial charge in [-0.2, -0.15) is 0 Å². The van der Waals surface area contributed by atoms with Crippen molar-refractivity contribution in [3.63, 3.8) is 0 Å². The SMILES string of the molecule is CC(CN1CCOCC1)N(Cc1ccccc1)C(=O)/C=C/c1cccc(F)c1. The smallest absolute Gasteiger partial charge is 0.247 e. The average Bonchev–Trinajstić information content (AvgIpc) is 2.72. The summed E-state index contributed by atoms with van der Waals surface area (Å²) in [5.74, 6) is -0.384. The Morgan fingerprint density at radius 2 is 1.93 bits per heavy atom. The van der Waals surface area contributed by atoms with Crippen LogP contribution in [0.4, 0.5) is 4.39 Å². The van der Waals surface area contributed by atoms with E-state index in [1.54, 1.807) is 18.2 Å². The van der Waals surface area contributed by atoms with Crippen LogP contribution in [0.1, 0.15) is 18.1 Å². The zero-order valence-corrected chi connectivity index (χ0v) is 16.3. The predicted octanol–water partition coefficient (Wildman–Crippen LogP) is 3.59. The number of carbonyl (C=O) groups is 1. The third kappa shape index (κ3) is 6.01. The number of benzene rings is 2. The largest absolute Gasteiger partial charge is 0.379 e. The lowest BCUT2D eigenvalue weighted by molar-refractivity contribution is -0.129. The zero-order valence-electron chi connectivity index (χ0n) is 16.3. The Labute approximate surface area is 166 Å². The number of halogens is 1. The standard InChI is InChI=1S/C23H27FN2O2/c1-19(17-25-12-14-28-15-13-25)26(18-21-6-3-2-4-7-21)23(27)11-10-20-8-5-9-22(24)16-20/h2-11,16,19H,12-15,17-18H2,1H3/b11-10+. The van der Waals surface area contributed by atoms with E-state index in [0.29, 0.717) is 12.1 Å². The molecular formula is C23H27FN2O2. The summed E-state index contributed by atoms with van der Waals surface area (Å²) in [5, 5.41) is 0. The van der Waals surface area contributed by atoms with Crippen molar-refractivity contribution in [1.29, 1.82) is 0 Å². The Kier molecular flexibility index (Phi) is 7.34. The van der Waals surface area contributed by atoms with Crippen molar-refractivity contribution < 1.29 is 13.9 Å². The second-order valence-corrected chi connectivity index (χ2v) is 7.10. The maximum atomic E-state index is 13.4. The van der Waals surface area contributed by atoms with Gasteiger partial charge in [0.15, 0.2) is 0 Å². The van der Waals surface area contributed by atoms with E-state index in [2.05, 4.69) is 11.8 Å². The quantitative estimate of drug-likeness (QED) is 0.686. The van der Waals surface area contributed by atoms with Crippen LogP contribution in [0, 0.1) is 5.82 Å². The first kappa shape index (κ1) is 20.2. The van der Waals surface area contributed by atoms with Crippen LogP contribution < -0.4 is 0 Å². The lowest BCUT2D eigenvalue weighted by atomic mass is 10.1. The van der Waals surface area contributed by atoms with Gasteiger partial charge in [0, 0.05) is 38.3 Å². The molecule has 0 N–H and O–H groups in total. The molecule has 0 aliphatic carbocycles. The van der Waals surface area contributed by atoms with Crippen LogP contribution in [0.25, 0.3) is 6.08 Å². The van der Waals surface area contributed by atoms with Gasteiger partial charge in [-0.1, -0.05) is 42.5 Å². The highest BCUT2D eigenvalue weighted by Gasteiger charge is 2.22. The maximum absolute atomic E-state index is 13.4. The van der Waals surface area contributed by atoms with E-state index in [4.69, 9.17) is 4.74 Å². The van der Waals surface area contributed by atoms with Crippen molar-refractivity contribution in [2.75, 3.05) is 32.8 Å². The molecule has 1 saturated heterocycles. The molecule has 0 aromatic heterocycles. The average molecular weight is 382 g/mol. The van der Waals surface area contributed by atoms with Gasteiger partial charge < -0.3 is 9.64 Å². The summed E-state index contributed by atoms with van der Waals surface area (Å²) >= 11 is 0. The number of morpholine rings is 1. The van der Waals surface area contributed by atoms with Gasteiger partial charge in [-0.15, -0.1) is 0 Å². The van der Waals surface area contributed by atoms with Gasteiger partial charge in [-0.25, -0.2) is 4.39 Å². The Hall–Kier alpha value is -2.50. The molecule has 1 amide bonds. The number of nitrogens with zero attached hydrogens (tertiary/aromatic N) is 2. The van der Waals surface area contributed by atoms with E-state index in [0.717, 1.165) is 38.4 Å². The van der Waals surface area contributed by atoms with Crippen LogP contribution in [-0.4, -0.2) is 54.6 Å². The van der Waals surface area contributed by atoms with E-state index >= 15 is 0 Å². The molecule has 1 atom stereocenters. The molecular weight excluding hydrogens is 355 g/mol. The molecule has 5 heteroatoms. The maximum Gasteiger partial charge on any atom is 0.247 e. The highest BCUT2D eigenvalue weighted by Crippen LogP contribution is 2.13. The molecule has 148 valence electrons. The van der Waals surface area contributed by atoms with Gasteiger partial charge in [0.25, 0.3) is 0 Å². The summed E-state index contributed by atoms with van der Waals surface area (Å²) in [5.41, 5.74) is 1.76. The summed E-state index contributed by atoms with van der Waals surface area (Å²) in [7, 11) is 0. The van der Waals surface area contributed by atoms with Gasteiger partial charge in [-0.3, -0.25) is 9.69 Å². The fourth-order valence-corrected chi connectivity index (χ4v) is 3.36. The van der Waals surface area contributed by atoms with Gasteiger partial charge in [0.1, 0.15) is 5.82 Å². The van der Waals surface area contributed by atoms with Gasteiger partial charge in [0.05, 0.1) is 13.2 Å². The third-order valence-electron chi connectivity index (χ3n) is 4.90. The van der Waals surface area contributed by atoms with Crippen molar-refractivity contribution in [2.24, 2.45) is 0 Å². The first-order valence-electron chi connectivity index (χ1n) is 9.70. The molecule has 4 nitrogen and oxygen atoms in total. The van der Waals surface area contributed by atoms with E-state index in [-0.39, 0.29) is 17.8 Å². The molecule has 1 unspecified atom stereocenters. The van der Waals surface area contributed by atoms with Crippen LogP contribution in [0.5, 0.6) is 0 Å². The van der Waals surface area contributed by atoms with Crippen LogP contribution in [0.15, 0.2) is 60.7 Å². The Balaban J connectivity index is 1.73. The molecule has 0 spiro atoms. The van der Waals surface area contributed by atoms with Crippen LogP contribution in [-0.2, 0) is 16.1 Å². The van der Waals surface area contributed by atoms with Crippen LogP contribution in [0.3, 0.4) is 0 Å². The molecule has 0 bridgehead atoms. The second-order valence-electron chi connectivity index (χ2n) is 7.10. The number of rotatable bonds is 7. The molecule has 0 saturated carbocycles. The molecule has 1 aliphatic rings. The number of ether oxygens (including phenoxy) is 1. The second kappa shape index (κ2) is 10.2. The Morgan fingerprint density at radius 1 is 1.18 bits per heavy atom. The minimum Gasteiger partial charge on any atom is -0.379 e. The van der Waals surface area contributed by atoms with E-state index in [1.165, 1.54) is 18.2 Å². The number of amides is 1. The van der Waals surface area contributed by atoms with Crippen molar-refractivity contribution >= 4 is 12.0 Å². The molecule has 28 heavy (non-hydrogen) atoms. The molecule has 1 heterocycles. The number of carbonyl (C=O) groups excluding carboxylic acids is 1. The molecule has 0 radical (unpaired) electrons. The topological polar surface area (TPSA) is 32.8 Å². The van der Waals surface area contributed by atoms with Crippen LogP contribution in [0.2, 0.25) is 0 Å². The third-order valence-corrected chi connectivity index (χ3v) is 4.90. The molecule has 1 aliphatic heterocycles. The fraction of sp³-hybridized carbons (Fsp3) is 0.348. The minimum atomic E-state index is -0.309. The summed E-state index contributed by atoms with van der Waals surface area (Å²) in [6.07, 6.45) is 3.21. The summed E-state index contributed by atoms with van der Waals surface area (Å²) in [6.45, 7) is 6.66. The van der Waals surface area contributed by atoms with Crippen molar-refractivity contribution in [2.45, 2.75) is 19.5 Å². The van der Waals surface area contributed by atoms with E-state index in [1.807, 2.05) is 35.2 Å². The van der Waals surface area contributed by atoms with Crippen LogP contribution >= 0.6 is 0 Å². The molecule has 3 rings (SSSR count). The lowest BCUT2D eigenvalue weighted by Crippen LogP contribution is -2.47. The molecule has 2 aromatic rings. The minimum absolute atomic E-state index is 0.0444. The number of hydrogen-bond acceptors (Lipinski definition) is 3. The van der Waals surface area contributed by atoms with Crippen molar-refractivity contribution in [1.82, 2.24) is 9.80 Å². The normalized spacial score (nSPS) is 16.2. The van der Waals surface area contributed by atoms with Gasteiger partial charge in [0.2, 0.25) is 5.91 Å². The molecule has 1 fully saturated rings. The monoisotopic (exact) mass is 382 g/mol. The highest BCUT2D eigenvalue weighted by atomic mass is 19.1. The predicted molar refractivity (Wildman–Crippen MR) is 109 cm³/mol. The van der Waals surface area contributed by atoms with Crippen molar-refractivity contribution in [3.8, 4) is 0 Å². The van der Waals surface area contributed by atoms with E-state index < -0.39 is 0 Å². The zero-order chi connectivity index (χ0) is 19.8. The Bertz CT molecular complexity index is 788. The lowest BCUT2D eigenvalue weighted by Gasteiger charge is -2.34. The number of hydrogen-bond donors (Lipinski definition) is 0. The van der Waals surface area contributed by atoms with E-state index in [9.17, 15) is 9.18 Å². The first-order chi connectivity index (χ1) is 13.6. The summed E-state index contributed by atoms with van der Waals surface area (Å²) in [6, 6.07) is 16.3. The van der Waals surface area contributed by atoms with Crippen molar-refractivity contribution in [3.05, 3.63) is 77.6 Å². The molecule has 2 aromatic carbocycles. The summed E-state index contributed by atoms with van der Waals surface area (Å²) in [4.78, 5) is 17.2. The van der Waals surface area contributed by atoms with Gasteiger partial charge >= 0.3 is 0 Å². The summed E-state index contributed by atoms with van der Waals surface area (Å²) < 4.78 is 18.8.